The second kappa shape index (κ2) is 9.94. The lowest BCUT2D eigenvalue weighted by molar-refractivity contribution is -0.402. The van der Waals surface area contributed by atoms with Crippen LogP contribution in [0.5, 0.6) is 5.75 Å². The Morgan fingerprint density at radius 1 is 1.29 bits per heavy atom. The number of nitro groups is 1. The number of furan rings is 2. The summed E-state index contributed by atoms with van der Waals surface area (Å²) in [5.74, 6) is -0.0707. The largest absolute Gasteiger partial charge is 0.497 e. The smallest absolute Gasteiger partial charge is 0.433 e. The summed E-state index contributed by atoms with van der Waals surface area (Å²) < 4.78 is 16.9. The molecule has 3 heterocycles. The van der Waals surface area contributed by atoms with Gasteiger partial charge in [-0.05, 0) is 42.5 Å². The molecule has 12 heteroatoms. The van der Waals surface area contributed by atoms with Crippen LogP contribution in [0.15, 0.2) is 68.4 Å². The molecule has 0 atom stereocenters. The van der Waals surface area contributed by atoms with Crippen molar-refractivity contribution in [2.75, 3.05) is 7.11 Å². The Labute approximate surface area is 200 Å². The molecule has 4 aromatic rings. The van der Waals surface area contributed by atoms with Gasteiger partial charge in [0.25, 0.3) is 11.5 Å². The molecule has 4 rings (SSSR count). The van der Waals surface area contributed by atoms with Crippen molar-refractivity contribution in [1.82, 2.24) is 9.88 Å². The number of nitrogens with zero attached hydrogens (tertiary/aromatic N) is 3. The van der Waals surface area contributed by atoms with Crippen LogP contribution in [0.4, 0.5) is 5.88 Å². The second-order valence-electron chi connectivity index (χ2n) is 6.94. The van der Waals surface area contributed by atoms with E-state index in [2.05, 4.69) is 5.32 Å². The van der Waals surface area contributed by atoms with Gasteiger partial charge in [0, 0.05) is 6.08 Å². The maximum Gasteiger partial charge on any atom is 0.433 e. The fourth-order valence-electron chi connectivity index (χ4n) is 3.13. The molecule has 11 nitrogen and oxygen atoms in total. The standard InChI is InChI=1S/C23H16N4O7S/c1-32-15-6-4-14(5-7-15)26-22(29)19(11-16-8-9-20(34-16)27(30)31)35-23(26)18(12-24)21(28)25-13-17-3-2-10-33-17/h2-11H,13H2,1H3,(H,25,28)/b19-11-,23-18-. The van der Waals surface area contributed by atoms with Crippen LogP contribution in [-0.2, 0) is 11.3 Å². The number of carbonyl (C=O) groups is 1. The predicted octanol–water partition coefficient (Wildman–Crippen LogP) is 1.82. The van der Waals surface area contributed by atoms with Gasteiger partial charge in [-0.1, -0.05) is 0 Å². The minimum Gasteiger partial charge on any atom is -0.497 e. The number of nitriles is 1. The molecule has 0 saturated carbocycles. The van der Waals surface area contributed by atoms with Crippen LogP contribution in [0.25, 0.3) is 17.3 Å². The number of carbonyl (C=O) groups excluding carboxylic acids is 1. The van der Waals surface area contributed by atoms with E-state index in [4.69, 9.17) is 13.6 Å². The first-order chi connectivity index (χ1) is 16.9. The lowest BCUT2D eigenvalue weighted by Crippen LogP contribution is -2.33. The third kappa shape index (κ3) is 4.90. The Morgan fingerprint density at radius 3 is 2.66 bits per heavy atom. The van der Waals surface area contributed by atoms with E-state index >= 15 is 0 Å². The van der Waals surface area contributed by atoms with Crippen LogP contribution < -0.4 is 24.8 Å². The molecule has 35 heavy (non-hydrogen) atoms. The highest BCUT2D eigenvalue weighted by Crippen LogP contribution is 2.16. The van der Waals surface area contributed by atoms with Crippen molar-refractivity contribution in [2.45, 2.75) is 6.54 Å². The Hall–Kier alpha value is -4.89. The first kappa shape index (κ1) is 23.3. The molecular formula is C23H16N4O7S. The van der Waals surface area contributed by atoms with Crippen molar-refractivity contribution < 1.29 is 23.3 Å². The van der Waals surface area contributed by atoms with E-state index < -0.39 is 22.3 Å². The average Bonchev–Trinajstić information content (AvgIpc) is 3.60. The molecule has 0 saturated heterocycles. The van der Waals surface area contributed by atoms with E-state index in [1.807, 2.05) is 6.07 Å². The lowest BCUT2D eigenvalue weighted by Gasteiger charge is -2.06. The molecule has 0 radical (unpaired) electrons. The van der Waals surface area contributed by atoms with Gasteiger partial charge in [0.1, 0.15) is 32.9 Å². The molecule has 0 unspecified atom stereocenters. The Balaban J connectivity index is 1.89. The van der Waals surface area contributed by atoms with Crippen LogP contribution in [0.2, 0.25) is 0 Å². The zero-order valence-electron chi connectivity index (χ0n) is 18.1. The van der Waals surface area contributed by atoms with Crippen LogP contribution in [0, 0.1) is 21.4 Å². The number of rotatable bonds is 7. The molecule has 0 fully saturated rings. The molecule has 0 aliphatic rings. The summed E-state index contributed by atoms with van der Waals surface area (Å²) in [5, 5.41) is 23.3. The quantitative estimate of drug-likeness (QED) is 0.303. The second-order valence-corrected chi connectivity index (χ2v) is 7.97. The molecule has 0 aliphatic carbocycles. The Morgan fingerprint density at radius 2 is 2.06 bits per heavy atom. The van der Waals surface area contributed by atoms with Crippen molar-refractivity contribution in [2.24, 2.45) is 0 Å². The first-order valence-electron chi connectivity index (χ1n) is 9.98. The molecule has 176 valence electrons. The third-order valence-electron chi connectivity index (χ3n) is 4.78. The van der Waals surface area contributed by atoms with Gasteiger partial charge in [-0.25, -0.2) is 0 Å². The van der Waals surface area contributed by atoms with Crippen molar-refractivity contribution in [3.63, 3.8) is 0 Å². The summed E-state index contributed by atoms with van der Waals surface area (Å²) in [6, 6.07) is 14.2. The zero-order chi connectivity index (χ0) is 24.9. The normalized spacial score (nSPS) is 12.2. The van der Waals surface area contributed by atoms with E-state index in [0.29, 0.717) is 17.2 Å². The lowest BCUT2D eigenvalue weighted by atomic mass is 10.2. The molecule has 1 aromatic carbocycles. The summed E-state index contributed by atoms with van der Waals surface area (Å²) >= 11 is 0.878. The molecule has 0 spiro atoms. The summed E-state index contributed by atoms with van der Waals surface area (Å²) in [6.07, 6.45) is 2.78. The monoisotopic (exact) mass is 492 g/mol. The van der Waals surface area contributed by atoms with E-state index in [1.165, 1.54) is 30.1 Å². The van der Waals surface area contributed by atoms with Crippen LogP contribution in [-0.4, -0.2) is 22.5 Å². The molecule has 3 aromatic heterocycles. The number of nitrogens with one attached hydrogen (secondary N) is 1. The molecule has 0 aliphatic heterocycles. The molecular weight excluding hydrogens is 476 g/mol. The highest BCUT2D eigenvalue weighted by Gasteiger charge is 2.18. The van der Waals surface area contributed by atoms with Crippen molar-refractivity contribution >= 4 is 34.8 Å². The Bertz CT molecular complexity index is 1600. The third-order valence-corrected chi connectivity index (χ3v) is 5.87. The topological polar surface area (TPSA) is 154 Å². The number of benzene rings is 1. The number of methoxy groups -OCH3 is 1. The SMILES string of the molecule is COc1ccc(-n2c(=O)/c(=C/c3ccc([N+](=O)[O-])o3)s/c2=C(/C#N)C(=O)NCc2ccco2)cc1. The zero-order valence-corrected chi connectivity index (χ0v) is 18.9. The number of amides is 1. The van der Waals surface area contributed by atoms with Gasteiger partial charge in [-0.15, -0.1) is 11.3 Å². The van der Waals surface area contributed by atoms with E-state index in [9.17, 15) is 25.0 Å². The van der Waals surface area contributed by atoms with Gasteiger partial charge < -0.3 is 18.9 Å². The average molecular weight is 492 g/mol. The summed E-state index contributed by atoms with van der Waals surface area (Å²) in [5.41, 5.74) is -0.445. The highest BCUT2D eigenvalue weighted by molar-refractivity contribution is 7.07. The summed E-state index contributed by atoms with van der Waals surface area (Å²) in [6.45, 7) is 0.0458. The van der Waals surface area contributed by atoms with E-state index in [-0.39, 0.29) is 27.1 Å². The number of hydrogen-bond acceptors (Lipinski definition) is 9. The van der Waals surface area contributed by atoms with Gasteiger partial charge in [-0.2, -0.15) is 5.26 Å². The molecule has 1 amide bonds. The van der Waals surface area contributed by atoms with Gasteiger partial charge in [-0.3, -0.25) is 24.3 Å². The van der Waals surface area contributed by atoms with Crippen LogP contribution in [0.1, 0.15) is 11.5 Å². The predicted molar refractivity (Wildman–Crippen MR) is 124 cm³/mol. The van der Waals surface area contributed by atoms with E-state index in [0.717, 1.165) is 17.4 Å². The number of thiazole rings is 1. The molecule has 1 N–H and O–H groups in total. The maximum atomic E-state index is 13.3. The van der Waals surface area contributed by atoms with Gasteiger partial charge in [0.15, 0.2) is 5.57 Å². The summed E-state index contributed by atoms with van der Waals surface area (Å²) in [4.78, 5) is 36.4. The fraction of sp³-hybridized carbons (Fsp3) is 0.0870. The van der Waals surface area contributed by atoms with Crippen LogP contribution >= 0.6 is 11.3 Å². The highest BCUT2D eigenvalue weighted by atomic mass is 32.1. The first-order valence-corrected chi connectivity index (χ1v) is 10.8. The maximum absolute atomic E-state index is 13.3. The minimum atomic E-state index is -0.701. The summed E-state index contributed by atoms with van der Waals surface area (Å²) in [7, 11) is 1.50. The van der Waals surface area contributed by atoms with E-state index in [1.54, 1.807) is 36.4 Å². The van der Waals surface area contributed by atoms with Crippen molar-refractivity contribution in [3.8, 4) is 17.5 Å². The van der Waals surface area contributed by atoms with Gasteiger partial charge >= 0.3 is 5.88 Å². The molecule has 0 bridgehead atoms. The van der Waals surface area contributed by atoms with Crippen molar-refractivity contribution in [1.29, 1.82) is 5.26 Å². The number of ether oxygens (including phenoxy) is 1. The van der Waals surface area contributed by atoms with Crippen molar-refractivity contribution in [3.05, 3.63) is 96.0 Å². The van der Waals surface area contributed by atoms with Gasteiger partial charge in [0.2, 0.25) is 0 Å². The van der Waals surface area contributed by atoms with Gasteiger partial charge in [0.05, 0.1) is 36.2 Å². The Kier molecular flexibility index (Phi) is 6.61. The number of hydrogen-bond donors (Lipinski definition) is 1. The fourth-order valence-corrected chi connectivity index (χ4v) is 4.21. The number of aromatic nitrogens is 1. The minimum absolute atomic E-state index is 0.0458. The van der Waals surface area contributed by atoms with Crippen LogP contribution in [0.3, 0.4) is 0 Å².